The molecule has 1 aliphatic heterocycles. The first-order valence-electron chi connectivity index (χ1n) is 7.80. The summed E-state index contributed by atoms with van der Waals surface area (Å²) in [7, 11) is 0. The number of nitrogens with one attached hydrogen (secondary N) is 1. The molecule has 0 atom stereocenters. The molecular weight excluding hydrogens is 478 g/mol. The van der Waals surface area contributed by atoms with Gasteiger partial charge in [-0.3, -0.25) is 10.9 Å². The van der Waals surface area contributed by atoms with Crippen LogP contribution in [0.1, 0.15) is 6.42 Å². The average molecular weight is 497 g/mol. The molecule has 0 radical (unpaired) electrons. The van der Waals surface area contributed by atoms with E-state index in [4.69, 9.17) is 63.2 Å². The second kappa shape index (κ2) is 14.2. The number of allylic oxidation sites excluding steroid dienone is 1. The van der Waals surface area contributed by atoms with Crippen molar-refractivity contribution in [1.29, 1.82) is 5.26 Å². The zero-order chi connectivity index (χ0) is 21.1. The Morgan fingerprint density at radius 1 is 1.07 bits per heavy atom. The number of benzene rings is 2. The number of amidine groups is 1. The molecule has 2 aromatic carbocycles. The van der Waals surface area contributed by atoms with Crippen LogP contribution >= 0.6 is 58.8 Å². The Bertz CT molecular complexity index is 882. The molecule has 3 rings (SSSR count). The van der Waals surface area contributed by atoms with E-state index in [0.717, 1.165) is 24.3 Å². The van der Waals surface area contributed by atoms with Gasteiger partial charge in [0.05, 0.1) is 37.5 Å². The van der Waals surface area contributed by atoms with Gasteiger partial charge in [-0.1, -0.05) is 53.0 Å². The summed E-state index contributed by atoms with van der Waals surface area (Å²) < 4.78 is 0. The van der Waals surface area contributed by atoms with Crippen molar-refractivity contribution in [1.82, 2.24) is 0 Å². The highest BCUT2D eigenvalue weighted by molar-refractivity contribution is 6.42. The van der Waals surface area contributed by atoms with Gasteiger partial charge in [0.25, 0.3) is 0 Å². The van der Waals surface area contributed by atoms with E-state index >= 15 is 0 Å². The first-order valence-corrected chi connectivity index (χ1v) is 9.31. The van der Waals surface area contributed by atoms with Crippen LogP contribution in [0.5, 0.6) is 0 Å². The van der Waals surface area contributed by atoms with Gasteiger partial charge in [-0.05, 0) is 36.4 Å². The smallest absolute Gasteiger partial charge is 0.122 e. The number of nitrogens with two attached hydrogens (primary N) is 2. The number of hydrogen-bond acceptors (Lipinski definition) is 6. The number of nitriles is 1. The summed E-state index contributed by atoms with van der Waals surface area (Å²) in [6.45, 7) is 3.91. The Kier molecular flexibility index (Phi) is 13.3. The molecule has 0 aliphatic carbocycles. The number of hydrazone groups is 1. The van der Waals surface area contributed by atoms with Gasteiger partial charge < -0.3 is 11.2 Å². The minimum absolute atomic E-state index is 0. The van der Waals surface area contributed by atoms with Crippen molar-refractivity contribution in [3.05, 3.63) is 69.1 Å². The molecule has 0 aromatic heterocycles. The van der Waals surface area contributed by atoms with Crippen LogP contribution in [0.25, 0.3) is 0 Å². The van der Waals surface area contributed by atoms with Crippen molar-refractivity contribution in [2.75, 3.05) is 17.0 Å². The number of hydrazine groups is 1. The fraction of sp³-hybridized carbons (Fsp3) is 0.111. The molecule has 0 saturated carbocycles. The van der Waals surface area contributed by atoms with Crippen molar-refractivity contribution in [2.45, 2.75) is 6.42 Å². The fourth-order valence-electron chi connectivity index (χ4n) is 1.89. The fourth-order valence-corrected chi connectivity index (χ4v) is 2.48. The second-order valence-corrected chi connectivity index (χ2v) is 6.80. The molecule has 29 heavy (non-hydrogen) atoms. The Morgan fingerprint density at radius 3 is 2.03 bits per heavy atom. The average Bonchev–Trinajstić information content (AvgIpc) is 3.13. The quantitative estimate of drug-likeness (QED) is 0.274. The van der Waals surface area contributed by atoms with Gasteiger partial charge in [-0.15, -0.1) is 12.4 Å². The van der Waals surface area contributed by atoms with Crippen LogP contribution in [-0.2, 0) is 0 Å². The lowest BCUT2D eigenvalue weighted by Crippen LogP contribution is -2.11. The molecule has 0 spiro atoms. The van der Waals surface area contributed by atoms with Crippen LogP contribution in [0.15, 0.2) is 54.2 Å². The van der Waals surface area contributed by atoms with E-state index < -0.39 is 0 Å². The largest absolute Gasteiger partial charge is 0.386 e. The molecule has 0 fully saturated rings. The molecule has 0 saturated heterocycles. The number of nitrogens with zero attached hydrogens (tertiary/aromatic N) is 3. The molecule has 5 N–H and O–H groups in total. The maximum Gasteiger partial charge on any atom is 0.122 e. The zero-order valence-corrected chi connectivity index (χ0v) is 18.9. The van der Waals surface area contributed by atoms with Gasteiger partial charge in [-0.2, -0.15) is 10.4 Å². The number of nitrogen functional groups attached to an aromatic ring is 1. The van der Waals surface area contributed by atoms with E-state index in [2.05, 4.69) is 17.1 Å². The SMILES string of the molecule is C=CC#N.Cl.NC1=NN(c2ccc(Cl)c(Cl)c2)CC1.NNc1ccc(Cl)c(Cl)c1. The summed E-state index contributed by atoms with van der Waals surface area (Å²) in [4.78, 5) is 0. The van der Waals surface area contributed by atoms with Crippen molar-refractivity contribution >= 4 is 76.0 Å². The van der Waals surface area contributed by atoms with E-state index in [9.17, 15) is 0 Å². The van der Waals surface area contributed by atoms with Crippen molar-refractivity contribution < 1.29 is 0 Å². The highest BCUT2D eigenvalue weighted by atomic mass is 35.5. The van der Waals surface area contributed by atoms with Crippen LogP contribution in [0.3, 0.4) is 0 Å². The van der Waals surface area contributed by atoms with Gasteiger partial charge in [0, 0.05) is 19.0 Å². The maximum absolute atomic E-state index is 7.51. The predicted octanol–water partition coefficient (Wildman–Crippen LogP) is 5.87. The zero-order valence-electron chi connectivity index (χ0n) is 15.1. The van der Waals surface area contributed by atoms with Crippen LogP contribution in [0, 0.1) is 11.3 Å². The topological polar surface area (TPSA) is 103 Å². The first-order chi connectivity index (χ1) is 13.3. The van der Waals surface area contributed by atoms with Crippen molar-refractivity contribution in [2.24, 2.45) is 16.7 Å². The maximum atomic E-state index is 7.51. The Balaban J connectivity index is 0.000000461. The summed E-state index contributed by atoms with van der Waals surface area (Å²) in [5, 5.41) is 15.6. The summed E-state index contributed by atoms with van der Waals surface area (Å²) >= 11 is 23.0. The van der Waals surface area contributed by atoms with E-state index in [1.807, 2.05) is 11.1 Å². The van der Waals surface area contributed by atoms with Crippen molar-refractivity contribution in [3.63, 3.8) is 0 Å². The standard InChI is InChI=1S/C9H9Cl2N3.C6H6Cl2N2.C3H3N.ClH/c10-7-2-1-6(5-8(7)11)14-4-3-9(12)13-14;7-5-2-1-4(10-9)3-6(5)8;1-2-3-4;/h1-2,5H,3-4H2,(H2,12,13);1-3,10H,9H2;2H,1H2;1H. The molecule has 11 heteroatoms. The van der Waals surface area contributed by atoms with E-state index in [1.165, 1.54) is 6.08 Å². The normalized spacial score (nSPS) is 11.4. The van der Waals surface area contributed by atoms with Gasteiger partial charge in [-0.25, -0.2) is 0 Å². The summed E-state index contributed by atoms with van der Waals surface area (Å²) in [6.07, 6.45) is 1.97. The van der Waals surface area contributed by atoms with Gasteiger partial charge >= 0.3 is 0 Å². The Hall–Kier alpha value is -1.85. The second-order valence-electron chi connectivity index (χ2n) is 5.17. The number of anilines is 2. The third-order valence-electron chi connectivity index (χ3n) is 3.21. The molecule has 0 amide bonds. The molecule has 0 bridgehead atoms. The highest BCUT2D eigenvalue weighted by Crippen LogP contribution is 2.28. The Morgan fingerprint density at radius 2 is 1.62 bits per heavy atom. The molecule has 0 unspecified atom stereocenters. The number of rotatable bonds is 2. The number of hydrogen-bond donors (Lipinski definition) is 3. The molecule has 6 nitrogen and oxygen atoms in total. The summed E-state index contributed by atoms with van der Waals surface area (Å²) in [5.74, 6) is 5.77. The van der Waals surface area contributed by atoms with E-state index in [0.29, 0.717) is 25.9 Å². The van der Waals surface area contributed by atoms with Crippen LogP contribution in [0.2, 0.25) is 20.1 Å². The highest BCUT2D eigenvalue weighted by Gasteiger charge is 2.14. The molecule has 1 aliphatic rings. The minimum Gasteiger partial charge on any atom is -0.386 e. The molecule has 156 valence electrons. The minimum atomic E-state index is 0. The molecular formula is C18H19Cl5N6. The predicted molar refractivity (Wildman–Crippen MR) is 127 cm³/mol. The third kappa shape index (κ3) is 9.46. The van der Waals surface area contributed by atoms with Crippen LogP contribution < -0.4 is 22.0 Å². The van der Waals surface area contributed by atoms with E-state index in [1.54, 1.807) is 36.4 Å². The van der Waals surface area contributed by atoms with Crippen LogP contribution in [-0.4, -0.2) is 12.4 Å². The van der Waals surface area contributed by atoms with Crippen LogP contribution in [0.4, 0.5) is 11.4 Å². The van der Waals surface area contributed by atoms with Crippen molar-refractivity contribution in [3.8, 4) is 6.07 Å². The monoisotopic (exact) mass is 494 g/mol. The summed E-state index contributed by atoms with van der Waals surface area (Å²) in [6, 6.07) is 12.2. The van der Waals surface area contributed by atoms with E-state index in [-0.39, 0.29) is 12.4 Å². The third-order valence-corrected chi connectivity index (χ3v) is 4.69. The van der Waals surface area contributed by atoms with Gasteiger partial charge in [0.1, 0.15) is 5.84 Å². The number of halogens is 5. The Labute approximate surface area is 196 Å². The lowest BCUT2D eigenvalue weighted by Gasteiger charge is -2.13. The lowest BCUT2D eigenvalue weighted by atomic mass is 10.3. The van der Waals surface area contributed by atoms with Gasteiger partial charge in [0.2, 0.25) is 0 Å². The van der Waals surface area contributed by atoms with Gasteiger partial charge in [0.15, 0.2) is 0 Å². The summed E-state index contributed by atoms with van der Waals surface area (Å²) in [5.41, 5.74) is 9.69. The molecule has 2 aromatic rings. The molecule has 1 heterocycles. The first kappa shape index (κ1) is 27.2. The lowest BCUT2D eigenvalue weighted by molar-refractivity contribution is 0.922.